The maximum Gasteiger partial charge on any atom is 0.407 e. The molecule has 2 saturated heterocycles. The molecule has 0 saturated carbocycles. The summed E-state index contributed by atoms with van der Waals surface area (Å²) in [5, 5.41) is 48.1. The fraction of sp³-hybridized carbons (Fsp3) is 0.435. The highest BCUT2D eigenvalue weighted by Gasteiger charge is 2.23. The lowest BCUT2D eigenvalue weighted by atomic mass is 10.1. The molecular formula is C46H64Cl2N2O12. The van der Waals surface area contributed by atoms with Crippen molar-refractivity contribution in [2.75, 3.05) is 52.0 Å². The third-order valence-corrected chi connectivity index (χ3v) is 8.56. The van der Waals surface area contributed by atoms with Crippen molar-refractivity contribution in [3.8, 4) is 23.0 Å². The molecule has 2 aliphatic heterocycles. The number of hydrogen-bond acceptors (Lipinski definition) is 12. The predicted molar refractivity (Wildman–Crippen MR) is 243 cm³/mol. The van der Waals surface area contributed by atoms with Gasteiger partial charge in [-0.3, -0.25) is 0 Å². The molecule has 344 valence electrons. The van der Waals surface area contributed by atoms with Crippen LogP contribution in [0.2, 0.25) is 0 Å². The monoisotopic (exact) mass is 906 g/mol. The van der Waals surface area contributed by atoms with Gasteiger partial charge in [0, 0.05) is 0 Å². The molecule has 4 aromatic carbocycles. The van der Waals surface area contributed by atoms with Crippen LogP contribution in [0.25, 0.3) is 0 Å². The number of nitrogens with one attached hydrogen (secondary N) is 2. The van der Waals surface area contributed by atoms with E-state index >= 15 is 0 Å². The van der Waals surface area contributed by atoms with Gasteiger partial charge in [0.1, 0.15) is 48.9 Å². The number of carbonyl (C=O) groups is 2. The first-order chi connectivity index (χ1) is 28.9. The van der Waals surface area contributed by atoms with Crippen LogP contribution in [0.3, 0.4) is 0 Å². The summed E-state index contributed by atoms with van der Waals surface area (Å²) in [6, 6.07) is 23.4. The first-order valence-corrected chi connectivity index (χ1v) is 20.3. The maximum absolute atomic E-state index is 10.8. The van der Waals surface area contributed by atoms with Gasteiger partial charge in [0.25, 0.3) is 0 Å². The van der Waals surface area contributed by atoms with E-state index in [4.69, 9.17) is 60.8 Å². The second-order valence-corrected chi connectivity index (χ2v) is 15.2. The van der Waals surface area contributed by atoms with Crippen LogP contribution in [0.15, 0.2) is 72.8 Å². The van der Waals surface area contributed by atoms with Crippen LogP contribution >= 0.6 is 24.0 Å². The molecule has 7 N–H and O–H groups in total. The quantitative estimate of drug-likeness (QED) is 0.0749. The van der Waals surface area contributed by atoms with E-state index in [9.17, 15) is 9.59 Å². The van der Waals surface area contributed by atoms with Crippen LogP contribution in [0, 0.1) is 55.4 Å². The highest BCUT2D eigenvalue weighted by atomic mass is 35.5. The van der Waals surface area contributed by atoms with Crippen molar-refractivity contribution >= 4 is 36.2 Å². The number of alkyl carbamates (subject to hydrolysis) is 2. The lowest BCUT2D eigenvalue weighted by Crippen LogP contribution is -2.21. The molecule has 2 aliphatic rings. The van der Waals surface area contributed by atoms with E-state index in [2.05, 4.69) is 28.8 Å². The molecule has 14 nitrogen and oxygen atoms in total. The van der Waals surface area contributed by atoms with Crippen LogP contribution in [0.4, 0.5) is 9.59 Å². The first-order valence-electron chi connectivity index (χ1n) is 19.8. The molecule has 0 spiro atoms. The molecule has 62 heavy (non-hydrogen) atoms. The Hall–Kier alpha value is -4.96. The average molecular weight is 908 g/mol. The number of halogens is 2. The Morgan fingerprint density at radius 1 is 0.565 bits per heavy atom. The van der Waals surface area contributed by atoms with E-state index in [0.717, 1.165) is 61.8 Å². The number of aliphatic hydroxyl groups excluding tert-OH is 4. The van der Waals surface area contributed by atoms with Crippen LogP contribution < -0.4 is 24.8 Å². The number of aryl methyl sites for hydroxylation is 8. The van der Waals surface area contributed by atoms with Crippen molar-refractivity contribution in [2.24, 2.45) is 0 Å². The zero-order valence-corrected chi connectivity index (χ0v) is 38.3. The fourth-order valence-electron chi connectivity index (χ4n) is 5.72. The zero-order valence-electron chi connectivity index (χ0n) is 36.8. The summed E-state index contributed by atoms with van der Waals surface area (Å²) in [5.41, 5.74) is 9.11. The molecule has 2 fully saturated rings. The van der Waals surface area contributed by atoms with E-state index in [-0.39, 0.29) is 62.5 Å². The summed E-state index contributed by atoms with van der Waals surface area (Å²) in [4.78, 5) is 21.6. The van der Waals surface area contributed by atoms with E-state index in [1.54, 1.807) is 12.1 Å². The molecular weight excluding hydrogens is 843 g/mol. The highest BCUT2D eigenvalue weighted by molar-refractivity contribution is 6.18. The molecule has 2 amide bonds. The van der Waals surface area contributed by atoms with Gasteiger partial charge in [0.15, 0.2) is 12.2 Å². The summed E-state index contributed by atoms with van der Waals surface area (Å²) < 4.78 is 26.4. The number of carbonyl (C=O) groups excluding carboxylic acids is 2. The minimum absolute atomic E-state index is 0. The summed E-state index contributed by atoms with van der Waals surface area (Å²) in [5.74, 6) is 2.83. The topological polar surface area (TPSA) is 205 Å². The van der Waals surface area contributed by atoms with E-state index in [1.165, 1.54) is 0 Å². The Morgan fingerprint density at radius 3 is 1.11 bits per heavy atom. The number of amides is 2. The van der Waals surface area contributed by atoms with Crippen LogP contribution in [-0.4, -0.2) is 114 Å². The lowest BCUT2D eigenvalue weighted by Gasteiger charge is -2.11. The van der Waals surface area contributed by atoms with Gasteiger partial charge < -0.3 is 59.9 Å². The third-order valence-electron chi connectivity index (χ3n) is 8.20. The van der Waals surface area contributed by atoms with Crippen LogP contribution in [0.5, 0.6) is 23.0 Å². The second-order valence-electron chi connectivity index (χ2n) is 14.9. The highest BCUT2D eigenvalue weighted by Crippen LogP contribution is 2.19. The summed E-state index contributed by atoms with van der Waals surface area (Å²) >= 11 is 5.04. The minimum Gasteiger partial charge on any atom is -0.508 e. The molecule has 16 heteroatoms. The van der Waals surface area contributed by atoms with Crippen molar-refractivity contribution in [1.29, 1.82) is 0 Å². The van der Waals surface area contributed by atoms with Crippen LogP contribution in [-0.2, 0) is 9.47 Å². The van der Waals surface area contributed by atoms with Crippen molar-refractivity contribution < 1.29 is 58.8 Å². The van der Waals surface area contributed by atoms with Gasteiger partial charge in [-0.05, 0) is 148 Å². The van der Waals surface area contributed by atoms with Gasteiger partial charge in [0.05, 0.1) is 38.3 Å². The Balaban J connectivity index is 0.000000400. The number of rotatable bonds is 12. The van der Waals surface area contributed by atoms with Crippen LogP contribution in [0.1, 0.15) is 44.5 Å². The number of hydrogen-bond donors (Lipinski definition) is 7. The largest absolute Gasteiger partial charge is 0.508 e. The summed E-state index contributed by atoms with van der Waals surface area (Å²) in [6.45, 7) is 17.4. The molecule has 0 aliphatic carbocycles. The Kier molecular flexibility index (Phi) is 26.1. The van der Waals surface area contributed by atoms with Gasteiger partial charge in [-0.15, -0.1) is 24.0 Å². The molecule has 0 aromatic heterocycles. The molecule has 0 bridgehead atoms. The molecule has 0 radical (unpaired) electrons. The number of alkyl halides is 1. The molecule has 4 atom stereocenters. The molecule has 6 rings (SSSR count). The number of ether oxygens (including phenoxy) is 5. The molecule has 4 aromatic rings. The SMILES string of the molecule is Cc1cc(C)cc(O)c1.Cc1cc(C)cc(OCC(O)CO)c1.Cc1cc(C)cc(OCC2CNC(=O)O2)c1.Cc1cc(C)cc(OCC2CNC(=O)O2)c1.Cl.OCC(O)CCl. The van der Waals surface area contributed by atoms with Crippen molar-refractivity contribution in [2.45, 2.75) is 79.8 Å². The third kappa shape index (κ3) is 23.9. The number of aliphatic hydroxyl groups is 4. The van der Waals surface area contributed by atoms with Gasteiger partial charge in [-0.25, -0.2) is 9.59 Å². The van der Waals surface area contributed by atoms with Crippen molar-refractivity contribution in [3.05, 3.63) is 117 Å². The number of benzene rings is 4. The normalized spacial score (nSPS) is 15.5. The second kappa shape index (κ2) is 29.4. The summed E-state index contributed by atoms with van der Waals surface area (Å²) in [7, 11) is 0. The Bertz CT molecular complexity index is 1760. The number of cyclic esters (lactones) is 2. The van der Waals surface area contributed by atoms with E-state index < -0.39 is 12.2 Å². The van der Waals surface area contributed by atoms with Gasteiger partial charge in [0.2, 0.25) is 0 Å². The van der Waals surface area contributed by atoms with E-state index in [0.29, 0.717) is 32.1 Å². The zero-order chi connectivity index (χ0) is 45.5. The van der Waals surface area contributed by atoms with Gasteiger partial charge in [-0.2, -0.15) is 0 Å². The van der Waals surface area contributed by atoms with Crippen molar-refractivity contribution in [1.82, 2.24) is 10.6 Å². The number of phenols is 1. The predicted octanol–water partition coefficient (Wildman–Crippen LogP) is 6.63. The van der Waals surface area contributed by atoms with E-state index in [1.807, 2.05) is 97.9 Å². The van der Waals surface area contributed by atoms with Crippen molar-refractivity contribution in [3.63, 3.8) is 0 Å². The smallest absolute Gasteiger partial charge is 0.407 e. The fourth-order valence-corrected chi connectivity index (χ4v) is 5.82. The minimum atomic E-state index is -0.809. The number of aromatic hydroxyl groups is 1. The molecule has 4 unspecified atom stereocenters. The van der Waals surface area contributed by atoms with Gasteiger partial charge in [-0.1, -0.05) is 24.3 Å². The first kappa shape index (κ1) is 55.1. The van der Waals surface area contributed by atoms with Gasteiger partial charge >= 0.3 is 12.2 Å². The molecule has 2 heterocycles. The average Bonchev–Trinajstić information content (AvgIpc) is 3.81. The maximum atomic E-state index is 10.8. The number of phenolic OH excluding ortho intramolecular Hbond substituents is 1. The Morgan fingerprint density at radius 2 is 0.871 bits per heavy atom. The lowest BCUT2D eigenvalue weighted by molar-refractivity contribution is 0.0536. The Labute approximate surface area is 376 Å². The summed E-state index contributed by atoms with van der Waals surface area (Å²) in [6.07, 6.45) is -2.66. The standard InChI is InChI=1S/2C12H15NO3.C11H16O3.C8H10O.C3H7ClO2.ClH/c2*1-8-3-9(2)5-10(4-8)15-7-11-6-13-12(14)16-11;1-8-3-9(2)5-11(4-8)14-7-10(13)6-12;1-6-3-7(2)5-8(9)4-6;4-1-3(6)2-5;/h2*3-5,11H,6-7H2,1-2H3,(H,13,14);3-5,10,12-13H,6-7H2,1-2H3;3-5,9H,1-2H3;3,5-6H,1-2H2;1H.